The van der Waals surface area contributed by atoms with Crippen LogP contribution in [0.15, 0.2) is 497 Å². The molecule has 0 bridgehead atoms. The predicted octanol–water partition coefficient (Wildman–Crippen LogP) is 37.6. The Morgan fingerprint density at radius 2 is 0.375 bits per heavy atom. The van der Waals surface area contributed by atoms with E-state index in [1.54, 1.807) is 0 Å². The molecule has 0 aliphatic rings. The van der Waals surface area contributed by atoms with Crippen LogP contribution in [-0.2, 0) is 0 Å². The molecule has 0 saturated carbocycles. The van der Waals surface area contributed by atoms with Crippen molar-refractivity contribution in [2.24, 2.45) is 0 Å². The molecule has 0 radical (unpaired) electrons. The first-order valence-corrected chi connectivity index (χ1v) is 57.0. The van der Waals surface area contributed by atoms with Crippen LogP contribution in [0.3, 0.4) is 0 Å². The van der Waals surface area contributed by atoms with Crippen molar-refractivity contribution in [3.8, 4) is 55.9 Å². The van der Waals surface area contributed by atoms with E-state index >= 15 is 0 Å². The van der Waals surface area contributed by atoms with Crippen LogP contribution >= 0.6 is 0 Å². The van der Waals surface area contributed by atoms with E-state index < -0.39 is 16.1 Å². The Hall–Kier alpha value is -17.5. The molecule has 0 atom stereocenters. The topological polar surface area (TPSA) is 16.3 Å². The number of aromatic nitrogens is 2. The number of anilines is 6. The van der Waals surface area contributed by atoms with Gasteiger partial charge in [0.1, 0.15) is 0 Å². The van der Waals surface area contributed by atoms with E-state index in [2.05, 4.69) is 604 Å². The summed E-state index contributed by atoms with van der Waals surface area (Å²) < 4.78 is 4.88. The second-order valence-electron chi connectivity index (χ2n) is 39.6. The number of para-hydroxylation sites is 6. The summed E-state index contributed by atoms with van der Waals surface area (Å²) in [4.78, 5) is 4.84. The van der Waals surface area contributed by atoms with E-state index in [9.17, 15) is 0 Å². The minimum Gasteiger partial charge on any atom is -0.310 e. The van der Waals surface area contributed by atoms with E-state index in [4.69, 9.17) is 0 Å². The average Bonchev–Trinajstić information content (AvgIpc) is 1.47. The van der Waals surface area contributed by atoms with Gasteiger partial charge in [-0.25, -0.2) is 0 Å². The van der Waals surface area contributed by atoms with Gasteiger partial charge in [0.2, 0.25) is 0 Å². The first-order chi connectivity index (χ1) is 70.7. The number of fused-ring (bicyclic) bond motifs is 10. The molecule has 24 aromatic rings. The van der Waals surface area contributed by atoms with Gasteiger partial charge in [0.25, 0.3) is 0 Å². The van der Waals surface area contributed by atoms with Crippen LogP contribution in [-0.4, -0.2) is 25.3 Å². The lowest BCUT2D eigenvalue weighted by atomic mass is 9.84. The molecule has 22 aromatic carbocycles. The van der Waals surface area contributed by atoms with Crippen LogP contribution in [0.4, 0.5) is 34.1 Å². The molecule has 144 heavy (non-hydrogen) atoms. The number of nitrogens with zero attached hydrogens (tertiary/aromatic N) is 4. The third-order valence-electron chi connectivity index (χ3n) is 28.1. The Balaban J connectivity index is 0.000000160. The molecule has 24 rings (SSSR count). The van der Waals surface area contributed by atoms with E-state index in [1.807, 2.05) is 0 Å². The molecular weight excluding hydrogens is 1770 g/mol. The molecular formula is C138H108N4Si2. The van der Waals surface area contributed by atoms with Gasteiger partial charge in [-0.3, -0.25) is 0 Å². The monoisotopic (exact) mass is 1880 g/mol. The molecule has 0 N–H and O–H groups in total. The Morgan fingerprint density at radius 3 is 0.646 bits per heavy atom. The van der Waals surface area contributed by atoms with Crippen molar-refractivity contribution in [3.63, 3.8) is 0 Å². The molecule has 2 aromatic heterocycles. The highest BCUT2D eigenvalue weighted by atomic mass is 28.3. The maximum absolute atomic E-state index is 2.45. The number of hydrogen-bond donors (Lipinski definition) is 0. The van der Waals surface area contributed by atoms with Crippen molar-refractivity contribution in [1.82, 2.24) is 9.13 Å². The van der Waals surface area contributed by atoms with Gasteiger partial charge in [-0.15, -0.1) is 0 Å². The van der Waals surface area contributed by atoms with Gasteiger partial charge in [0.15, 0.2) is 0 Å². The zero-order chi connectivity index (χ0) is 97.2. The van der Waals surface area contributed by atoms with Gasteiger partial charge in [-0.05, 0) is 278 Å². The molecule has 6 heteroatoms. The Morgan fingerprint density at radius 1 is 0.160 bits per heavy atom. The largest absolute Gasteiger partial charge is 0.310 e. The Kier molecular flexibility index (Phi) is 24.6. The van der Waals surface area contributed by atoms with E-state index in [-0.39, 0.29) is 0 Å². The fourth-order valence-electron chi connectivity index (χ4n) is 21.1. The standard InChI is InChI=1S/C72H64N2Si2.C66H44N2/c1-75(2,3)65-43-37-61(38-44-65)73(59-29-15-9-16-30-59)63-41-47-67-69(51-63)71(57-27-19-25-55(49-57)35-33-53-21-11-7-12-22-53)68-48-42-64(74(60-31-17-10-18-32-60)62-39-45-66(46-40-62)76(4,5)6)52-70(68)72(67)58-28-20-26-56(50-58)36-34-54-23-13-8-14-24-54;1-3-17-45(18-4-1)33-35-47-21-15-23-49(41-47)65-57-39-37-52(68-63-31-13-9-27-55(63)56-28-10-14-32-64(56)68)44-60(57)66(50-24-16-22-48(42-50)36-34-46-19-5-2-6-20-46)58-40-38-51(43-59(58)65)67-61-29-11-7-25-53(61)54-26-8-12-30-62(54)67/h7-52H,1-6H3;1-44H/b2*35-33+,36-34+. The first-order valence-electron chi connectivity index (χ1n) is 50.0. The molecule has 0 aliphatic carbocycles. The van der Waals surface area contributed by atoms with Gasteiger partial charge in [0, 0.05) is 67.0 Å². The molecule has 4 nitrogen and oxygen atoms in total. The average molecular weight is 1880 g/mol. The summed E-state index contributed by atoms with van der Waals surface area (Å²) in [7, 11) is -3.08. The summed E-state index contributed by atoms with van der Waals surface area (Å²) in [5.74, 6) is 0. The van der Waals surface area contributed by atoms with Gasteiger partial charge in [-0.1, -0.05) is 450 Å². The summed E-state index contributed by atoms with van der Waals surface area (Å²) in [5.41, 5.74) is 32.5. The molecule has 0 amide bonds. The van der Waals surface area contributed by atoms with Crippen molar-refractivity contribution in [1.29, 1.82) is 0 Å². The molecule has 0 aliphatic heterocycles. The lowest BCUT2D eigenvalue weighted by molar-refractivity contribution is 1.18. The predicted molar refractivity (Wildman–Crippen MR) is 630 cm³/mol. The minimum absolute atomic E-state index is 1.10. The van der Waals surface area contributed by atoms with E-state index in [1.165, 1.54) is 153 Å². The second kappa shape index (κ2) is 39.3. The maximum Gasteiger partial charge on any atom is 0.0775 e. The zero-order valence-electron chi connectivity index (χ0n) is 81.8. The van der Waals surface area contributed by atoms with Crippen molar-refractivity contribution in [3.05, 3.63) is 542 Å². The highest BCUT2D eigenvalue weighted by molar-refractivity contribution is 6.89. The maximum atomic E-state index is 2.45. The van der Waals surface area contributed by atoms with Crippen molar-refractivity contribution >= 4 is 196 Å². The molecule has 0 fully saturated rings. The van der Waals surface area contributed by atoms with Gasteiger partial charge >= 0.3 is 0 Å². The normalized spacial score (nSPS) is 12.0. The van der Waals surface area contributed by atoms with Gasteiger partial charge in [-0.2, -0.15) is 0 Å². The van der Waals surface area contributed by atoms with Gasteiger partial charge in [0.05, 0.1) is 38.2 Å². The van der Waals surface area contributed by atoms with Crippen LogP contribution in [0.1, 0.15) is 44.5 Å². The smallest absolute Gasteiger partial charge is 0.0775 e. The highest BCUT2D eigenvalue weighted by Gasteiger charge is 2.28. The molecule has 2 heterocycles. The second-order valence-corrected chi connectivity index (χ2v) is 49.7. The quantitative estimate of drug-likeness (QED) is 0.0382. The minimum atomic E-state index is -1.54. The molecule has 0 saturated heterocycles. The summed E-state index contributed by atoms with van der Waals surface area (Å²) in [6, 6.07) is 183. The van der Waals surface area contributed by atoms with Gasteiger partial charge < -0.3 is 18.9 Å². The molecule has 688 valence electrons. The number of benzene rings is 22. The summed E-state index contributed by atoms with van der Waals surface area (Å²) in [5, 5.41) is 17.4. The summed E-state index contributed by atoms with van der Waals surface area (Å²) in [6.45, 7) is 14.5. The van der Waals surface area contributed by atoms with Crippen molar-refractivity contribution in [2.45, 2.75) is 39.3 Å². The third kappa shape index (κ3) is 18.2. The van der Waals surface area contributed by atoms with Crippen LogP contribution in [0.25, 0.3) is 191 Å². The fourth-order valence-corrected chi connectivity index (χ4v) is 23.4. The van der Waals surface area contributed by atoms with Crippen molar-refractivity contribution < 1.29 is 0 Å². The SMILES string of the molecule is C(=C\c1cccc(-c2c3ccc(-n4c5ccccc5c5ccccc54)cc3c(-c3cccc(/C=C/c4ccccc4)c3)c3ccc(-n4c5ccccc5c5ccccc54)cc23)c1)/c1ccccc1.C[Si](C)(C)c1ccc(N(c2ccccc2)c2ccc3c(-c4cccc(/C=C/c5ccccc5)c4)c4cc(N(c5ccccc5)c5ccc([Si](C)(C)C)cc5)ccc4c(-c4cccc(/C=C/c5ccccc5)c4)c3c2)cc1. The van der Waals surface area contributed by atoms with Crippen LogP contribution in [0.2, 0.25) is 39.3 Å². The number of hydrogen-bond acceptors (Lipinski definition) is 2. The molecule has 0 unspecified atom stereocenters. The Labute approximate surface area is 845 Å². The van der Waals surface area contributed by atoms with Crippen molar-refractivity contribution in [2.75, 3.05) is 9.80 Å². The van der Waals surface area contributed by atoms with Crippen LogP contribution in [0.5, 0.6) is 0 Å². The molecule has 0 spiro atoms. The van der Waals surface area contributed by atoms with E-state index in [0.717, 1.165) is 78.9 Å². The summed E-state index contributed by atoms with van der Waals surface area (Å²) >= 11 is 0. The van der Waals surface area contributed by atoms with E-state index in [0.29, 0.717) is 0 Å². The first kappa shape index (κ1) is 90.3. The fraction of sp³-hybridized carbons (Fsp3) is 0.0435. The third-order valence-corrected chi connectivity index (χ3v) is 32.3. The Bertz CT molecular complexity index is 8400. The number of rotatable bonds is 22. The van der Waals surface area contributed by atoms with Crippen LogP contribution < -0.4 is 20.2 Å². The lowest BCUT2D eigenvalue weighted by Crippen LogP contribution is -2.37. The summed E-state index contributed by atoms with van der Waals surface area (Å²) in [6.07, 6.45) is 17.8. The van der Waals surface area contributed by atoms with Crippen LogP contribution in [0, 0.1) is 0 Å². The lowest BCUT2D eigenvalue weighted by Gasteiger charge is -2.29. The highest BCUT2D eigenvalue weighted by Crippen LogP contribution is 2.52. The zero-order valence-corrected chi connectivity index (χ0v) is 83.8.